The monoisotopic (exact) mass is 341 g/mol. The number of carbonyl (C=O) groups excluding carboxylic acids is 1. The van der Waals surface area contributed by atoms with Crippen LogP contribution in [0.4, 0.5) is 14.5 Å². The number of nitrogens with one attached hydrogen (secondary N) is 1. The maximum atomic E-state index is 13.2. The van der Waals surface area contributed by atoms with Crippen molar-refractivity contribution in [3.63, 3.8) is 0 Å². The third-order valence-electron chi connectivity index (χ3n) is 3.98. The van der Waals surface area contributed by atoms with Gasteiger partial charge in [0.2, 0.25) is 5.91 Å². The van der Waals surface area contributed by atoms with Crippen molar-refractivity contribution in [2.45, 2.75) is 20.3 Å². The van der Waals surface area contributed by atoms with Gasteiger partial charge < -0.3 is 5.32 Å². The summed E-state index contributed by atoms with van der Waals surface area (Å²) in [5.74, 6) is -2.26. The van der Waals surface area contributed by atoms with E-state index in [1.165, 1.54) is 6.07 Å². The molecule has 1 N–H and O–H groups in total. The number of carbonyl (C=O) groups is 1. The standard InChI is InChI=1S/C19H17F2N3O/c1-12-16(13(2)24(23-12)15-6-4-3-5-7-15)11-19(25)22-14-8-9-17(20)18(21)10-14/h3-10H,11H2,1-2H3,(H,22,25). The summed E-state index contributed by atoms with van der Waals surface area (Å²) in [5.41, 5.74) is 3.56. The molecule has 25 heavy (non-hydrogen) atoms. The van der Waals surface area contributed by atoms with Crippen LogP contribution < -0.4 is 5.32 Å². The van der Waals surface area contributed by atoms with Gasteiger partial charge in [-0.05, 0) is 38.1 Å². The number of halogens is 2. The van der Waals surface area contributed by atoms with Gasteiger partial charge in [0.1, 0.15) is 0 Å². The number of nitrogens with zero attached hydrogens (tertiary/aromatic N) is 2. The van der Waals surface area contributed by atoms with Gasteiger partial charge in [-0.1, -0.05) is 18.2 Å². The first-order valence-corrected chi connectivity index (χ1v) is 7.81. The van der Waals surface area contributed by atoms with Gasteiger partial charge in [-0.2, -0.15) is 5.10 Å². The predicted octanol–water partition coefficient (Wildman–Crippen LogP) is 3.95. The van der Waals surface area contributed by atoms with E-state index < -0.39 is 11.6 Å². The Bertz CT molecular complexity index is 920. The highest BCUT2D eigenvalue weighted by molar-refractivity contribution is 5.92. The van der Waals surface area contributed by atoms with Crippen LogP contribution in [0.3, 0.4) is 0 Å². The summed E-state index contributed by atoms with van der Waals surface area (Å²) in [5, 5.41) is 7.07. The Morgan fingerprint density at radius 3 is 2.48 bits per heavy atom. The fourth-order valence-electron chi connectivity index (χ4n) is 2.69. The lowest BCUT2D eigenvalue weighted by atomic mass is 10.1. The number of rotatable bonds is 4. The number of aromatic nitrogens is 2. The number of benzene rings is 2. The Kier molecular flexibility index (Phi) is 4.61. The molecule has 0 aliphatic heterocycles. The summed E-state index contributed by atoms with van der Waals surface area (Å²) in [7, 11) is 0. The highest BCUT2D eigenvalue weighted by Gasteiger charge is 2.16. The Hall–Kier alpha value is -3.02. The van der Waals surface area contributed by atoms with E-state index in [0.717, 1.165) is 34.8 Å². The minimum Gasteiger partial charge on any atom is -0.326 e. The molecule has 0 unspecified atom stereocenters. The largest absolute Gasteiger partial charge is 0.326 e. The Morgan fingerprint density at radius 2 is 1.80 bits per heavy atom. The molecule has 0 saturated carbocycles. The summed E-state index contributed by atoms with van der Waals surface area (Å²) in [6.45, 7) is 3.74. The van der Waals surface area contributed by atoms with E-state index >= 15 is 0 Å². The van der Waals surface area contributed by atoms with Gasteiger partial charge in [0.15, 0.2) is 11.6 Å². The third-order valence-corrected chi connectivity index (χ3v) is 3.98. The number of para-hydroxylation sites is 1. The van der Waals surface area contributed by atoms with Crippen molar-refractivity contribution in [1.29, 1.82) is 0 Å². The Morgan fingerprint density at radius 1 is 1.08 bits per heavy atom. The molecule has 3 aromatic rings. The number of hydrogen-bond acceptors (Lipinski definition) is 2. The molecule has 0 aliphatic rings. The van der Waals surface area contributed by atoms with Crippen LogP contribution in [0.1, 0.15) is 17.0 Å². The zero-order chi connectivity index (χ0) is 18.0. The zero-order valence-electron chi connectivity index (χ0n) is 13.9. The van der Waals surface area contributed by atoms with Crippen molar-refractivity contribution < 1.29 is 13.6 Å². The van der Waals surface area contributed by atoms with Gasteiger partial charge in [-0.15, -0.1) is 0 Å². The van der Waals surface area contributed by atoms with Crippen LogP contribution >= 0.6 is 0 Å². The normalized spacial score (nSPS) is 10.7. The second-order valence-corrected chi connectivity index (χ2v) is 5.75. The van der Waals surface area contributed by atoms with Gasteiger partial charge in [0, 0.05) is 23.0 Å². The molecule has 1 aromatic heterocycles. The van der Waals surface area contributed by atoms with Crippen molar-refractivity contribution in [2.75, 3.05) is 5.32 Å². The van der Waals surface area contributed by atoms with Crippen LogP contribution in [-0.4, -0.2) is 15.7 Å². The summed E-state index contributed by atoms with van der Waals surface area (Å²) in [4.78, 5) is 12.3. The Balaban J connectivity index is 1.79. The average molecular weight is 341 g/mol. The van der Waals surface area contributed by atoms with E-state index in [1.54, 1.807) is 4.68 Å². The van der Waals surface area contributed by atoms with Gasteiger partial charge in [0.25, 0.3) is 0 Å². The fraction of sp³-hybridized carbons (Fsp3) is 0.158. The van der Waals surface area contributed by atoms with Crippen LogP contribution in [0.5, 0.6) is 0 Å². The Labute approximate surface area is 144 Å². The van der Waals surface area contributed by atoms with Gasteiger partial charge in [-0.25, -0.2) is 13.5 Å². The van der Waals surface area contributed by atoms with Crippen molar-refractivity contribution in [3.8, 4) is 5.69 Å². The van der Waals surface area contributed by atoms with E-state index in [9.17, 15) is 13.6 Å². The lowest BCUT2D eigenvalue weighted by molar-refractivity contribution is -0.115. The third kappa shape index (κ3) is 3.57. The van der Waals surface area contributed by atoms with E-state index in [-0.39, 0.29) is 18.0 Å². The fourth-order valence-corrected chi connectivity index (χ4v) is 2.69. The van der Waals surface area contributed by atoms with Crippen LogP contribution in [0, 0.1) is 25.5 Å². The van der Waals surface area contributed by atoms with Crippen LogP contribution in [0.2, 0.25) is 0 Å². The topological polar surface area (TPSA) is 46.9 Å². The van der Waals surface area contributed by atoms with E-state index in [2.05, 4.69) is 10.4 Å². The SMILES string of the molecule is Cc1nn(-c2ccccc2)c(C)c1CC(=O)Nc1ccc(F)c(F)c1. The van der Waals surface area contributed by atoms with E-state index in [1.807, 2.05) is 44.2 Å². The molecule has 0 atom stereocenters. The van der Waals surface area contributed by atoms with Crippen molar-refractivity contribution in [1.82, 2.24) is 9.78 Å². The molecule has 4 nitrogen and oxygen atoms in total. The first-order valence-electron chi connectivity index (χ1n) is 7.81. The lowest BCUT2D eigenvalue weighted by Gasteiger charge is -2.07. The average Bonchev–Trinajstić information content (AvgIpc) is 2.87. The molecule has 0 saturated heterocycles. The van der Waals surface area contributed by atoms with E-state index in [0.29, 0.717) is 0 Å². The molecular formula is C19H17F2N3O. The van der Waals surface area contributed by atoms with Crippen LogP contribution in [0.15, 0.2) is 48.5 Å². The predicted molar refractivity (Wildman–Crippen MR) is 91.7 cm³/mol. The molecule has 1 amide bonds. The van der Waals surface area contributed by atoms with Gasteiger partial charge >= 0.3 is 0 Å². The molecule has 0 aliphatic carbocycles. The van der Waals surface area contributed by atoms with Crippen molar-refractivity contribution in [2.24, 2.45) is 0 Å². The highest BCUT2D eigenvalue weighted by atomic mass is 19.2. The van der Waals surface area contributed by atoms with E-state index in [4.69, 9.17) is 0 Å². The summed E-state index contributed by atoms with van der Waals surface area (Å²) >= 11 is 0. The highest BCUT2D eigenvalue weighted by Crippen LogP contribution is 2.19. The minimum absolute atomic E-state index is 0.101. The number of anilines is 1. The molecule has 0 bridgehead atoms. The summed E-state index contributed by atoms with van der Waals surface area (Å²) < 4.78 is 28.0. The molecule has 0 fully saturated rings. The molecule has 6 heteroatoms. The molecule has 1 heterocycles. The van der Waals surface area contributed by atoms with Crippen LogP contribution in [0.25, 0.3) is 5.69 Å². The second-order valence-electron chi connectivity index (χ2n) is 5.75. The number of aryl methyl sites for hydroxylation is 1. The quantitative estimate of drug-likeness (QED) is 0.781. The van der Waals surface area contributed by atoms with Crippen LogP contribution in [-0.2, 0) is 11.2 Å². The molecule has 3 rings (SSSR count). The first-order chi connectivity index (χ1) is 12.0. The van der Waals surface area contributed by atoms with Crippen molar-refractivity contribution >= 4 is 11.6 Å². The summed E-state index contributed by atoms with van der Waals surface area (Å²) in [6.07, 6.45) is 0.101. The summed E-state index contributed by atoms with van der Waals surface area (Å²) in [6, 6.07) is 12.9. The maximum Gasteiger partial charge on any atom is 0.228 e. The number of amides is 1. The van der Waals surface area contributed by atoms with Gasteiger partial charge in [-0.3, -0.25) is 4.79 Å². The van der Waals surface area contributed by atoms with Gasteiger partial charge in [0.05, 0.1) is 17.8 Å². The molecule has 0 spiro atoms. The molecular weight excluding hydrogens is 324 g/mol. The zero-order valence-corrected chi connectivity index (χ0v) is 13.9. The lowest BCUT2D eigenvalue weighted by Crippen LogP contribution is -2.15. The number of hydrogen-bond donors (Lipinski definition) is 1. The maximum absolute atomic E-state index is 13.2. The molecule has 0 radical (unpaired) electrons. The minimum atomic E-state index is -0.998. The molecule has 128 valence electrons. The molecule has 2 aromatic carbocycles. The second kappa shape index (κ2) is 6.84. The smallest absolute Gasteiger partial charge is 0.228 e. The first kappa shape index (κ1) is 16.8. The van der Waals surface area contributed by atoms with Crippen molar-refractivity contribution in [3.05, 3.63) is 77.1 Å².